The summed E-state index contributed by atoms with van der Waals surface area (Å²) in [6.45, 7) is 2.75. The van der Waals surface area contributed by atoms with Gasteiger partial charge >= 0.3 is 12.1 Å². The molecule has 0 saturated heterocycles. The number of alkyl halides is 3. The topological polar surface area (TPSA) is 26.3 Å². The number of esters is 1. The second-order valence-electron chi connectivity index (χ2n) is 7.17. The summed E-state index contributed by atoms with van der Waals surface area (Å²) < 4.78 is 43.4. The number of carbonyl (C=O) groups is 1. The number of ether oxygens (including phenoxy) is 1. The molecule has 5 heteroatoms. The normalized spacial score (nSPS) is 44.5. The van der Waals surface area contributed by atoms with Crippen molar-refractivity contribution >= 4 is 5.97 Å². The summed E-state index contributed by atoms with van der Waals surface area (Å²) in [5.74, 6) is -1.23. The van der Waals surface area contributed by atoms with Crippen molar-refractivity contribution < 1.29 is 22.7 Å². The first-order valence-electron chi connectivity index (χ1n) is 7.49. The van der Waals surface area contributed by atoms with Crippen LogP contribution < -0.4 is 0 Å². The quantitative estimate of drug-likeness (QED) is 0.720. The molecule has 4 aliphatic carbocycles. The fourth-order valence-electron chi connectivity index (χ4n) is 4.73. The van der Waals surface area contributed by atoms with Crippen molar-refractivity contribution in [3.63, 3.8) is 0 Å². The molecule has 2 nitrogen and oxygen atoms in total. The molecule has 0 N–H and O–H groups in total. The lowest BCUT2D eigenvalue weighted by Crippen LogP contribution is -2.58. The minimum absolute atomic E-state index is 0.253. The highest BCUT2D eigenvalue weighted by Crippen LogP contribution is 2.59. The van der Waals surface area contributed by atoms with Gasteiger partial charge in [0.05, 0.1) is 0 Å². The van der Waals surface area contributed by atoms with E-state index in [9.17, 15) is 18.0 Å². The van der Waals surface area contributed by atoms with Crippen LogP contribution in [-0.4, -0.2) is 17.7 Å². The molecule has 1 unspecified atom stereocenters. The zero-order chi connectivity index (χ0) is 14.7. The number of carbonyl (C=O) groups excluding carboxylic acids is 1. The second-order valence-corrected chi connectivity index (χ2v) is 7.17. The summed E-state index contributed by atoms with van der Waals surface area (Å²) in [5, 5.41) is 0. The van der Waals surface area contributed by atoms with E-state index in [0.29, 0.717) is 11.8 Å². The Kier molecular flexibility index (Phi) is 3.11. The van der Waals surface area contributed by atoms with Gasteiger partial charge in [0, 0.05) is 0 Å². The maximum Gasteiger partial charge on any atom is 0.401 e. The highest BCUT2D eigenvalue weighted by atomic mass is 19.4. The van der Waals surface area contributed by atoms with Crippen LogP contribution in [0.25, 0.3) is 0 Å². The Labute approximate surface area is 117 Å². The predicted molar refractivity (Wildman–Crippen MR) is 66.8 cm³/mol. The van der Waals surface area contributed by atoms with E-state index < -0.39 is 23.7 Å². The third-order valence-electron chi connectivity index (χ3n) is 5.92. The van der Waals surface area contributed by atoms with Crippen LogP contribution in [0, 0.1) is 29.6 Å². The molecule has 0 aromatic rings. The highest BCUT2D eigenvalue weighted by Gasteiger charge is 2.58. The summed E-state index contributed by atoms with van der Waals surface area (Å²) in [6.07, 6.45) is 0.790. The van der Waals surface area contributed by atoms with Crippen molar-refractivity contribution in [3.05, 3.63) is 0 Å². The van der Waals surface area contributed by atoms with Crippen LogP contribution in [0.5, 0.6) is 0 Å². The first-order chi connectivity index (χ1) is 9.20. The molecule has 0 heterocycles. The van der Waals surface area contributed by atoms with Crippen molar-refractivity contribution in [1.29, 1.82) is 0 Å². The molecule has 20 heavy (non-hydrogen) atoms. The zero-order valence-electron chi connectivity index (χ0n) is 11.9. The van der Waals surface area contributed by atoms with Crippen molar-refractivity contribution in [2.24, 2.45) is 29.6 Å². The molecule has 0 aliphatic heterocycles. The molecule has 0 amide bonds. The lowest BCUT2D eigenvalue weighted by Gasteiger charge is -2.59. The largest absolute Gasteiger partial charge is 0.458 e. The Morgan fingerprint density at radius 2 is 1.55 bits per heavy atom. The van der Waals surface area contributed by atoms with Crippen LogP contribution in [0.1, 0.15) is 46.0 Å². The van der Waals surface area contributed by atoms with Gasteiger partial charge in [-0.3, -0.25) is 4.79 Å². The third kappa shape index (κ3) is 2.13. The van der Waals surface area contributed by atoms with E-state index in [4.69, 9.17) is 4.74 Å². The first-order valence-corrected chi connectivity index (χ1v) is 7.49. The molecule has 4 bridgehead atoms. The van der Waals surface area contributed by atoms with E-state index in [0.717, 1.165) is 32.6 Å². The van der Waals surface area contributed by atoms with Gasteiger partial charge in [0.2, 0.25) is 0 Å². The monoisotopic (exact) mass is 290 g/mol. The molecular weight excluding hydrogens is 269 g/mol. The maximum absolute atomic E-state index is 12.6. The summed E-state index contributed by atoms with van der Waals surface area (Å²) in [4.78, 5) is 11.8. The predicted octanol–water partition coefficient (Wildman–Crippen LogP) is 3.94. The number of hydrogen-bond acceptors (Lipinski definition) is 2. The number of halogens is 3. The maximum atomic E-state index is 12.6. The highest BCUT2D eigenvalue weighted by molar-refractivity contribution is 5.73. The fraction of sp³-hybridized carbons (Fsp3) is 0.933. The van der Waals surface area contributed by atoms with Gasteiger partial charge in [-0.25, -0.2) is 0 Å². The summed E-state index contributed by atoms with van der Waals surface area (Å²) in [5.41, 5.74) is -0.677. The average Bonchev–Trinajstić information content (AvgIpc) is 2.33. The van der Waals surface area contributed by atoms with Gasteiger partial charge in [-0.05, 0) is 69.6 Å². The molecule has 0 aromatic carbocycles. The van der Waals surface area contributed by atoms with Crippen LogP contribution in [0.15, 0.2) is 0 Å². The van der Waals surface area contributed by atoms with Gasteiger partial charge in [0.1, 0.15) is 11.5 Å². The molecular formula is C15H21F3O2. The van der Waals surface area contributed by atoms with Gasteiger partial charge < -0.3 is 4.74 Å². The Bertz CT molecular complexity index is 388. The third-order valence-corrected chi connectivity index (χ3v) is 5.92. The van der Waals surface area contributed by atoms with Gasteiger partial charge in [-0.1, -0.05) is 0 Å². The molecule has 4 aliphatic rings. The second kappa shape index (κ2) is 4.38. The van der Waals surface area contributed by atoms with Gasteiger partial charge in [0.25, 0.3) is 0 Å². The van der Waals surface area contributed by atoms with Crippen molar-refractivity contribution in [2.45, 2.75) is 57.7 Å². The SMILES string of the molecule is CC(C(=O)OC1(C)C2CC3CC(C2)CC1C3)C(F)(F)F. The lowest BCUT2D eigenvalue weighted by atomic mass is 9.50. The Hall–Kier alpha value is -0.740. The van der Waals surface area contributed by atoms with E-state index in [2.05, 4.69) is 0 Å². The van der Waals surface area contributed by atoms with Crippen LogP contribution >= 0.6 is 0 Å². The van der Waals surface area contributed by atoms with Crippen LogP contribution in [0.2, 0.25) is 0 Å². The Morgan fingerprint density at radius 3 is 1.95 bits per heavy atom. The first kappa shape index (κ1) is 14.2. The minimum atomic E-state index is -4.51. The van der Waals surface area contributed by atoms with E-state index in [1.807, 2.05) is 6.92 Å². The van der Waals surface area contributed by atoms with E-state index in [1.165, 1.54) is 6.42 Å². The van der Waals surface area contributed by atoms with Crippen molar-refractivity contribution in [1.82, 2.24) is 0 Å². The average molecular weight is 290 g/mol. The fourth-order valence-corrected chi connectivity index (χ4v) is 4.73. The zero-order valence-corrected chi connectivity index (χ0v) is 11.9. The molecule has 0 radical (unpaired) electrons. The molecule has 0 aromatic heterocycles. The van der Waals surface area contributed by atoms with E-state index in [1.54, 1.807) is 0 Å². The minimum Gasteiger partial charge on any atom is -0.458 e. The Morgan fingerprint density at radius 1 is 1.10 bits per heavy atom. The van der Waals surface area contributed by atoms with Crippen LogP contribution in [-0.2, 0) is 9.53 Å². The Balaban J connectivity index is 1.75. The molecule has 4 fully saturated rings. The molecule has 0 spiro atoms. The standard InChI is InChI=1S/C15H21F3O2/c1-8(15(16,17)18)13(19)20-14(2)11-4-9-3-10(6-11)7-12(14)5-9/h8-12H,3-7H2,1-2H3. The van der Waals surface area contributed by atoms with Gasteiger partial charge in [0.15, 0.2) is 0 Å². The van der Waals surface area contributed by atoms with Crippen LogP contribution in [0.3, 0.4) is 0 Å². The van der Waals surface area contributed by atoms with Gasteiger partial charge in [-0.15, -0.1) is 0 Å². The molecule has 4 saturated carbocycles. The van der Waals surface area contributed by atoms with E-state index >= 15 is 0 Å². The molecule has 1 atom stereocenters. The van der Waals surface area contributed by atoms with Gasteiger partial charge in [-0.2, -0.15) is 13.2 Å². The molecule has 4 rings (SSSR count). The summed E-state index contributed by atoms with van der Waals surface area (Å²) in [7, 11) is 0. The summed E-state index contributed by atoms with van der Waals surface area (Å²) in [6, 6.07) is 0. The smallest absolute Gasteiger partial charge is 0.401 e. The van der Waals surface area contributed by atoms with E-state index in [-0.39, 0.29) is 11.8 Å². The van der Waals surface area contributed by atoms with Crippen molar-refractivity contribution in [3.8, 4) is 0 Å². The summed E-state index contributed by atoms with van der Waals surface area (Å²) >= 11 is 0. The number of rotatable bonds is 2. The molecule has 114 valence electrons. The number of hydrogen-bond donors (Lipinski definition) is 0. The van der Waals surface area contributed by atoms with Crippen molar-refractivity contribution in [2.75, 3.05) is 0 Å². The lowest BCUT2D eigenvalue weighted by molar-refractivity contribution is -0.228. The van der Waals surface area contributed by atoms with Crippen LogP contribution in [0.4, 0.5) is 13.2 Å².